The summed E-state index contributed by atoms with van der Waals surface area (Å²) < 4.78 is 9.89. The molecule has 0 aromatic heterocycles. The first-order valence-corrected chi connectivity index (χ1v) is 6.82. The van der Waals surface area contributed by atoms with E-state index in [1.165, 1.54) is 25.7 Å². The van der Waals surface area contributed by atoms with Gasteiger partial charge in [-0.2, -0.15) is 0 Å². The molecule has 0 unspecified atom stereocenters. The normalized spacial score (nSPS) is 24.8. The first kappa shape index (κ1) is 22.6. The quantitative estimate of drug-likeness (QED) is 0.577. The summed E-state index contributed by atoms with van der Waals surface area (Å²) in [5.74, 6) is 0. The minimum Gasteiger partial charge on any atom is -1.00 e. The van der Waals surface area contributed by atoms with Crippen molar-refractivity contribution in [3.05, 3.63) is 48.6 Å². The van der Waals surface area contributed by atoms with Gasteiger partial charge in [-0.3, -0.25) is 0 Å². The molecule has 2 saturated heterocycles. The van der Waals surface area contributed by atoms with Crippen molar-refractivity contribution in [1.29, 1.82) is 0 Å². The zero-order valence-electron chi connectivity index (χ0n) is 12.2. The monoisotopic (exact) mass is 401 g/mol. The van der Waals surface area contributed by atoms with E-state index in [9.17, 15) is 0 Å². The first-order valence-electron chi connectivity index (χ1n) is 6.82. The topological polar surface area (TPSA) is 18.5 Å². The van der Waals surface area contributed by atoms with Crippen LogP contribution in [0, 0.1) is 40.8 Å². The molecule has 0 aromatic carbocycles. The summed E-state index contributed by atoms with van der Waals surface area (Å²) in [6, 6.07) is 0. The Kier molecular flexibility index (Phi) is 21.8. The summed E-state index contributed by atoms with van der Waals surface area (Å²) >= 11 is 0. The van der Waals surface area contributed by atoms with Crippen LogP contribution in [0.25, 0.3) is 0 Å². The van der Waals surface area contributed by atoms with Gasteiger partial charge in [0, 0.05) is 67.3 Å². The summed E-state index contributed by atoms with van der Waals surface area (Å²) in [5.41, 5.74) is 0. The van der Waals surface area contributed by atoms with Crippen molar-refractivity contribution in [2.24, 2.45) is 0 Å². The van der Waals surface area contributed by atoms with Gasteiger partial charge in [-0.05, 0) is 25.7 Å². The molecule has 0 atom stereocenters. The molecule has 2 aliphatic heterocycles. The van der Waals surface area contributed by atoms with E-state index in [1.54, 1.807) is 0 Å². The maximum Gasteiger partial charge on any atom is 0.0466 e. The maximum absolute atomic E-state index is 4.94. The van der Waals surface area contributed by atoms with E-state index < -0.39 is 0 Å². The molecule has 20 heavy (non-hydrogen) atoms. The summed E-state index contributed by atoms with van der Waals surface area (Å²) in [5, 5.41) is 0. The van der Waals surface area contributed by atoms with Gasteiger partial charge < -0.3 is 17.9 Å². The molecule has 3 rings (SSSR count). The maximum atomic E-state index is 4.94. The van der Waals surface area contributed by atoms with Crippen LogP contribution in [0.5, 0.6) is 0 Å². The zero-order valence-corrected chi connectivity index (χ0v) is 15.4. The third-order valence-electron chi connectivity index (χ3n) is 2.54. The Hall–Kier alpha value is 0.296. The van der Waals surface area contributed by atoms with Crippen LogP contribution in [0.1, 0.15) is 25.7 Å². The molecular weight excluding hydrogens is 379 g/mol. The predicted molar refractivity (Wildman–Crippen MR) is 82.4 cm³/mol. The molecule has 0 spiro atoms. The number of ether oxygens (including phenoxy) is 2. The SMILES string of the molecule is C1=C\C=C/C=C\C=C/1.C1CCOC1.C1CCOC1.[B-].[Nd]. The fraction of sp³-hybridized carbons (Fsp3) is 0.500. The molecule has 2 heterocycles. The van der Waals surface area contributed by atoms with Gasteiger partial charge in [-0.25, -0.2) is 0 Å². The number of hydrogen-bond acceptors (Lipinski definition) is 2. The second kappa shape index (κ2) is 19.3. The summed E-state index contributed by atoms with van der Waals surface area (Å²) in [6.45, 7) is 4.00. The predicted octanol–water partition coefficient (Wildman–Crippen LogP) is 3.44. The number of rotatable bonds is 0. The van der Waals surface area contributed by atoms with Crippen molar-refractivity contribution in [3.63, 3.8) is 0 Å². The Morgan fingerprint density at radius 3 is 0.750 bits per heavy atom. The minimum atomic E-state index is 0. The molecule has 0 saturated carbocycles. The van der Waals surface area contributed by atoms with Gasteiger partial charge in [0.2, 0.25) is 0 Å². The van der Waals surface area contributed by atoms with Gasteiger partial charge in [0.15, 0.2) is 0 Å². The molecule has 108 valence electrons. The average Bonchev–Trinajstić information content (AvgIpc) is 3.08. The minimum absolute atomic E-state index is 0. The van der Waals surface area contributed by atoms with E-state index >= 15 is 0 Å². The molecule has 0 amide bonds. The van der Waals surface area contributed by atoms with Crippen LogP contribution in [-0.4, -0.2) is 34.8 Å². The van der Waals surface area contributed by atoms with Crippen LogP contribution in [0.2, 0.25) is 0 Å². The molecule has 0 bridgehead atoms. The Balaban J connectivity index is 0. The van der Waals surface area contributed by atoms with Crippen molar-refractivity contribution < 1.29 is 50.3 Å². The Labute approximate surface area is 158 Å². The number of allylic oxidation sites excluding steroid dienone is 8. The van der Waals surface area contributed by atoms with E-state index in [2.05, 4.69) is 0 Å². The summed E-state index contributed by atoms with van der Waals surface area (Å²) in [7, 11) is 0. The Morgan fingerprint density at radius 2 is 0.650 bits per heavy atom. The second-order valence-electron chi connectivity index (χ2n) is 4.18. The standard InChI is InChI=1S/C8H8.2C4H8O.B.Nd/c1-2-4-6-8-7-5-3-1;2*1-2-4-5-3-1;;/h1-8H;2*1-4H2;;/q;;;-1;/b2-1-,3-1?,4-2?,5-3-,6-4-,7-5?,8-6?,8-7-;;;;. The zero-order chi connectivity index (χ0) is 12.7. The van der Waals surface area contributed by atoms with Crippen LogP contribution in [0.3, 0.4) is 0 Å². The van der Waals surface area contributed by atoms with E-state index in [0.29, 0.717) is 0 Å². The van der Waals surface area contributed by atoms with Crippen LogP contribution >= 0.6 is 0 Å². The summed E-state index contributed by atoms with van der Waals surface area (Å²) in [6.07, 6.45) is 21.1. The van der Waals surface area contributed by atoms with Crippen molar-refractivity contribution in [3.8, 4) is 0 Å². The van der Waals surface area contributed by atoms with E-state index in [4.69, 9.17) is 9.47 Å². The average molecular weight is 403 g/mol. The molecule has 2 nitrogen and oxygen atoms in total. The van der Waals surface area contributed by atoms with Crippen LogP contribution in [0.4, 0.5) is 0 Å². The van der Waals surface area contributed by atoms with Gasteiger partial charge >= 0.3 is 0 Å². The largest absolute Gasteiger partial charge is 1.00 e. The first-order chi connectivity index (χ1) is 9.00. The molecule has 4 radical (unpaired) electrons. The Morgan fingerprint density at radius 1 is 0.450 bits per heavy atom. The molecule has 4 heteroatoms. The van der Waals surface area contributed by atoms with Gasteiger partial charge in [0.25, 0.3) is 0 Å². The van der Waals surface area contributed by atoms with Crippen molar-refractivity contribution >= 4 is 8.41 Å². The summed E-state index contributed by atoms with van der Waals surface area (Å²) in [4.78, 5) is 0. The number of hydrogen-bond donors (Lipinski definition) is 0. The van der Waals surface area contributed by atoms with Gasteiger partial charge in [-0.1, -0.05) is 48.6 Å². The smallest absolute Gasteiger partial charge is 0.0466 e. The fourth-order valence-corrected chi connectivity index (χ4v) is 1.53. The van der Waals surface area contributed by atoms with E-state index in [1.807, 2.05) is 48.6 Å². The molecule has 0 aromatic rings. The van der Waals surface area contributed by atoms with Gasteiger partial charge in [-0.15, -0.1) is 0 Å². The molecule has 0 N–H and O–H groups in total. The molecule has 3 aliphatic rings. The van der Waals surface area contributed by atoms with Gasteiger partial charge in [0.1, 0.15) is 0 Å². The van der Waals surface area contributed by atoms with Crippen LogP contribution in [-0.2, 0) is 9.47 Å². The second-order valence-corrected chi connectivity index (χ2v) is 4.18. The molecule has 2 fully saturated rings. The van der Waals surface area contributed by atoms with Crippen molar-refractivity contribution in [2.75, 3.05) is 26.4 Å². The molecule has 1 aliphatic carbocycles. The van der Waals surface area contributed by atoms with Gasteiger partial charge in [0.05, 0.1) is 0 Å². The molecular formula is C16H24BNdO2-. The third kappa shape index (κ3) is 16.4. The van der Waals surface area contributed by atoms with Crippen LogP contribution in [0.15, 0.2) is 48.6 Å². The third-order valence-corrected chi connectivity index (χ3v) is 2.54. The van der Waals surface area contributed by atoms with Crippen molar-refractivity contribution in [1.82, 2.24) is 0 Å². The Bertz CT molecular complexity index is 210. The van der Waals surface area contributed by atoms with Crippen molar-refractivity contribution in [2.45, 2.75) is 25.7 Å². The van der Waals surface area contributed by atoms with E-state index in [0.717, 1.165) is 26.4 Å². The van der Waals surface area contributed by atoms with Crippen LogP contribution < -0.4 is 0 Å². The fourth-order valence-electron chi connectivity index (χ4n) is 1.53. The van der Waals surface area contributed by atoms with E-state index in [-0.39, 0.29) is 49.3 Å².